The van der Waals surface area contributed by atoms with Crippen molar-refractivity contribution in [2.24, 2.45) is 0 Å². The van der Waals surface area contributed by atoms with Gasteiger partial charge in [0.25, 0.3) is 0 Å². The topological polar surface area (TPSA) is 93.4 Å². The first-order chi connectivity index (χ1) is 13.6. The summed E-state index contributed by atoms with van der Waals surface area (Å²) in [7, 11) is 1.74. The smallest absolute Gasteiger partial charge is 0.240 e. The first kappa shape index (κ1) is 18.5. The average molecular weight is 381 g/mol. The van der Waals surface area contributed by atoms with Gasteiger partial charge in [0.2, 0.25) is 11.9 Å². The van der Waals surface area contributed by atoms with Crippen LogP contribution in [0.2, 0.25) is 0 Å². The van der Waals surface area contributed by atoms with Gasteiger partial charge in [-0.3, -0.25) is 15.0 Å². The van der Waals surface area contributed by atoms with Crippen molar-refractivity contribution in [2.75, 3.05) is 32.1 Å². The summed E-state index contributed by atoms with van der Waals surface area (Å²) in [5.41, 5.74) is 1.61. The summed E-state index contributed by atoms with van der Waals surface area (Å²) in [5.74, 6) is 1.48. The maximum Gasteiger partial charge on any atom is 0.240 e. The molecule has 0 aliphatic carbocycles. The minimum atomic E-state index is -0.114. The molecule has 1 aromatic carbocycles. The maximum atomic E-state index is 12.4. The van der Waals surface area contributed by atoms with Crippen molar-refractivity contribution in [3.8, 4) is 11.3 Å². The number of carbonyl (C=O) groups is 1. The predicted molar refractivity (Wildman–Crippen MR) is 105 cm³/mol. The Morgan fingerprint density at radius 2 is 2.11 bits per heavy atom. The molecular formula is C20H23N5O3. The van der Waals surface area contributed by atoms with Crippen molar-refractivity contribution in [2.45, 2.75) is 25.9 Å². The Labute approximate surface area is 162 Å². The van der Waals surface area contributed by atoms with Crippen LogP contribution in [-0.2, 0) is 9.53 Å². The van der Waals surface area contributed by atoms with Crippen LogP contribution in [0.15, 0.2) is 35.0 Å². The Morgan fingerprint density at radius 1 is 1.29 bits per heavy atom. The number of benzene rings is 1. The van der Waals surface area contributed by atoms with Crippen molar-refractivity contribution >= 4 is 22.8 Å². The lowest BCUT2D eigenvalue weighted by Crippen LogP contribution is -2.41. The molecule has 2 aromatic heterocycles. The number of hydrogen-bond acceptors (Lipinski definition) is 7. The SMILES string of the molecule is COC1CCN(CC(=O)Nc2ncc3ccc(-c4cnc(C)o4)cc3n2)CC1. The number of rotatable bonds is 5. The third-order valence-electron chi connectivity index (χ3n) is 4.97. The van der Waals surface area contributed by atoms with Gasteiger partial charge in [-0.2, -0.15) is 0 Å². The highest BCUT2D eigenvalue weighted by atomic mass is 16.5. The third-order valence-corrected chi connectivity index (χ3v) is 4.97. The van der Waals surface area contributed by atoms with Crippen LogP contribution in [0.25, 0.3) is 22.2 Å². The Balaban J connectivity index is 1.44. The second-order valence-corrected chi connectivity index (χ2v) is 6.97. The number of fused-ring (bicyclic) bond motifs is 1. The lowest BCUT2D eigenvalue weighted by atomic mass is 10.1. The molecule has 0 radical (unpaired) electrons. The molecular weight excluding hydrogens is 358 g/mol. The molecule has 8 nitrogen and oxygen atoms in total. The Bertz CT molecular complexity index is 979. The molecule has 146 valence electrons. The molecule has 1 aliphatic rings. The minimum Gasteiger partial charge on any atom is -0.441 e. The van der Waals surface area contributed by atoms with Crippen LogP contribution in [0.5, 0.6) is 0 Å². The van der Waals surface area contributed by atoms with Crippen LogP contribution in [0.4, 0.5) is 5.95 Å². The molecule has 0 atom stereocenters. The van der Waals surface area contributed by atoms with E-state index in [1.165, 1.54) is 0 Å². The molecule has 1 fully saturated rings. The Kier molecular flexibility index (Phi) is 5.31. The van der Waals surface area contributed by atoms with Gasteiger partial charge in [-0.15, -0.1) is 0 Å². The summed E-state index contributed by atoms with van der Waals surface area (Å²) >= 11 is 0. The highest BCUT2D eigenvalue weighted by Crippen LogP contribution is 2.24. The zero-order valence-corrected chi connectivity index (χ0v) is 16.0. The number of methoxy groups -OCH3 is 1. The van der Waals surface area contributed by atoms with E-state index < -0.39 is 0 Å². The number of carbonyl (C=O) groups excluding carboxylic acids is 1. The van der Waals surface area contributed by atoms with E-state index in [-0.39, 0.29) is 5.91 Å². The predicted octanol–water partition coefficient (Wildman–Crippen LogP) is 2.64. The molecule has 1 aliphatic heterocycles. The first-order valence-corrected chi connectivity index (χ1v) is 9.35. The zero-order valence-electron chi connectivity index (χ0n) is 16.0. The Morgan fingerprint density at radius 3 is 2.82 bits per heavy atom. The number of nitrogens with zero attached hydrogens (tertiary/aromatic N) is 4. The lowest BCUT2D eigenvalue weighted by Gasteiger charge is -2.30. The van der Waals surface area contributed by atoms with Gasteiger partial charge in [0.05, 0.1) is 24.4 Å². The van der Waals surface area contributed by atoms with E-state index in [1.54, 1.807) is 26.4 Å². The summed E-state index contributed by atoms with van der Waals surface area (Å²) in [6, 6.07) is 5.77. The van der Waals surface area contributed by atoms with Crippen LogP contribution in [0, 0.1) is 6.92 Å². The van der Waals surface area contributed by atoms with Gasteiger partial charge < -0.3 is 9.15 Å². The van der Waals surface area contributed by atoms with Crippen LogP contribution >= 0.6 is 0 Å². The number of aryl methyl sites for hydroxylation is 1. The van der Waals surface area contributed by atoms with Gasteiger partial charge in [0.1, 0.15) is 0 Å². The van der Waals surface area contributed by atoms with Gasteiger partial charge in [0, 0.05) is 44.3 Å². The highest BCUT2D eigenvalue weighted by Gasteiger charge is 2.20. The number of oxazole rings is 1. The van der Waals surface area contributed by atoms with E-state index in [2.05, 4.69) is 25.2 Å². The standard InChI is InChI=1S/C20H23N5O3/c1-13-21-11-18(28-13)14-3-4-15-10-22-20(23-17(15)9-14)24-19(26)12-25-7-5-16(27-2)6-8-25/h3-4,9-11,16H,5-8,12H2,1-2H3,(H,22,23,24,26). The van der Waals surface area contributed by atoms with Crippen LogP contribution in [-0.4, -0.2) is 58.6 Å². The van der Waals surface area contributed by atoms with E-state index in [9.17, 15) is 4.79 Å². The molecule has 3 heterocycles. The Hall–Kier alpha value is -2.84. The summed E-state index contributed by atoms with van der Waals surface area (Å²) in [6.45, 7) is 3.84. The summed E-state index contributed by atoms with van der Waals surface area (Å²) in [5, 5.41) is 3.69. The fraction of sp³-hybridized carbons (Fsp3) is 0.400. The third kappa shape index (κ3) is 4.18. The van der Waals surface area contributed by atoms with Crippen LogP contribution in [0.1, 0.15) is 18.7 Å². The number of nitrogens with one attached hydrogen (secondary N) is 1. The number of likely N-dealkylation sites (tertiary alicyclic amines) is 1. The van der Waals surface area contributed by atoms with Gasteiger partial charge in [-0.1, -0.05) is 12.1 Å². The molecule has 0 bridgehead atoms. The molecule has 0 spiro atoms. The van der Waals surface area contributed by atoms with Crippen molar-refractivity contribution < 1.29 is 13.9 Å². The second kappa shape index (κ2) is 8.04. The van der Waals surface area contributed by atoms with E-state index in [0.29, 0.717) is 30.2 Å². The van der Waals surface area contributed by atoms with Gasteiger partial charge >= 0.3 is 0 Å². The highest BCUT2D eigenvalue weighted by molar-refractivity contribution is 5.92. The number of ether oxygens (including phenoxy) is 1. The normalized spacial score (nSPS) is 15.8. The van der Waals surface area contributed by atoms with Crippen molar-refractivity contribution in [3.63, 3.8) is 0 Å². The zero-order chi connectivity index (χ0) is 19.5. The van der Waals surface area contributed by atoms with Crippen LogP contribution < -0.4 is 5.32 Å². The second-order valence-electron chi connectivity index (χ2n) is 6.97. The summed E-state index contributed by atoms with van der Waals surface area (Å²) < 4.78 is 10.9. The van der Waals surface area contributed by atoms with E-state index >= 15 is 0 Å². The van der Waals surface area contributed by atoms with Gasteiger partial charge in [-0.05, 0) is 18.9 Å². The van der Waals surface area contributed by atoms with Gasteiger partial charge in [-0.25, -0.2) is 15.0 Å². The molecule has 1 N–H and O–H groups in total. The number of hydrogen-bond donors (Lipinski definition) is 1. The summed E-state index contributed by atoms with van der Waals surface area (Å²) in [6.07, 6.45) is 5.58. The monoisotopic (exact) mass is 381 g/mol. The van der Waals surface area contributed by atoms with E-state index in [1.807, 2.05) is 18.2 Å². The van der Waals surface area contributed by atoms with E-state index in [0.717, 1.165) is 42.4 Å². The van der Waals surface area contributed by atoms with Gasteiger partial charge in [0.15, 0.2) is 11.7 Å². The summed E-state index contributed by atoms with van der Waals surface area (Å²) in [4.78, 5) is 27.4. The minimum absolute atomic E-state index is 0.114. The number of amides is 1. The molecule has 28 heavy (non-hydrogen) atoms. The molecule has 1 amide bonds. The molecule has 4 rings (SSSR count). The lowest BCUT2D eigenvalue weighted by molar-refractivity contribution is -0.118. The molecule has 1 saturated heterocycles. The first-order valence-electron chi connectivity index (χ1n) is 9.35. The molecule has 0 unspecified atom stereocenters. The maximum absolute atomic E-state index is 12.4. The molecule has 0 saturated carbocycles. The quantitative estimate of drug-likeness (QED) is 0.726. The largest absolute Gasteiger partial charge is 0.441 e. The molecule has 8 heteroatoms. The number of aromatic nitrogens is 3. The van der Waals surface area contributed by atoms with Crippen molar-refractivity contribution in [1.29, 1.82) is 0 Å². The van der Waals surface area contributed by atoms with Crippen molar-refractivity contribution in [1.82, 2.24) is 19.9 Å². The van der Waals surface area contributed by atoms with Crippen molar-refractivity contribution in [3.05, 3.63) is 36.5 Å². The number of anilines is 1. The molecule has 3 aromatic rings. The van der Waals surface area contributed by atoms with Crippen LogP contribution in [0.3, 0.4) is 0 Å². The van der Waals surface area contributed by atoms with E-state index in [4.69, 9.17) is 9.15 Å². The number of piperidine rings is 1. The fourth-order valence-electron chi connectivity index (χ4n) is 3.40. The fourth-order valence-corrected chi connectivity index (χ4v) is 3.40. The average Bonchev–Trinajstić information content (AvgIpc) is 3.14.